The Bertz CT molecular complexity index is 399. The van der Waals surface area contributed by atoms with E-state index in [1.807, 2.05) is 19.9 Å². The molecule has 4 nitrogen and oxygen atoms in total. The van der Waals surface area contributed by atoms with E-state index in [1.165, 1.54) is 0 Å². The molecular weight excluding hydrogens is 222 g/mol. The van der Waals surface area contributed by atoms with Crippen molar-refractivity contribution in [2.45, 2.75) is 43.5 Å². The van der Waals surface area contributed by atoms with Crippen LogP contribution >= 0.6 is 11.8 Å². The number of hydrogen-bond acceptors (Lipinski definition) is 5. The number of aryl methyl sites for hydroxylation is 2. The van der Waals surface area contributed by atoms with E-state index in [9.17, 15) is 0 Å². The molecule has 1 fully saturated rings. The highest BCUT2D eigenvalue weighted by Gasteiger charge is 2.25. The van der Waals surface area contributed by atoms with Crippen molar-refractivity contribution in [3.8, 4) is 0 Å². The Kier molecular flexibility index (Phi) is 3.43. The summed E-state index contributed by atoms with van der Waals surface area (Å²) < 4.78 is 0. The molecule has 1 aliphatic rings. The molecule has 0 amide bonds. The number of nitrogens with zero attached hydrogens (tertiary/aromatic N) is 3. The molecule has 1 N–H and O–H groups in total. The van der Waals surface area contributed by atoms with Gasteiger partial charge in [-0.3, -0.25) is 0 Å². The van der Waals surface area contributed by atoms with Gasteiger partial charge in [-0.1, -0.05) is 16.9 Å². The average Bonchev–Trinajstić information content (AvgIpc) is 2.63. The van der Waals surface area contributed by atoms with E-state index in [0.29, 0.717) is 0 Å². The van der Waals surface area contributed by atoms with E-state index in [0.717, 1.165) is 41.5 Å². The third-order valence-corrected chi connectivity index (χ3v) is 3.79. The van der Waals surface area contributed by atoms with Gasteiger partial charge in [0.25, 0.3) is 0 Å². The van der Waals surface area contributed by atoms with Crippen LogP contribution in [0.3, 0.4) is 0 Å². The number of oxime groups is 1. The smallest absolute Gasteiger partial charge is 0.188 e. The highest BCUT2D eigenvalue weighted by Crippen LogP contribution is 2.31. The molecule has 1 aromatic heterocycles. The lowest BCUT2D eigenvalue weighted by molar-refractivity contribution is 0.317. The number of rotatable bonds is 2. The van der Waals surface area contributed by atoms with Crippen molar-refractivity contribution in [3.05, 3.63) is 17.5 Å². The molecule has 0 radical (unpaired) electrons. The predicted molar refractivity (Wildman–Crippen MR) is 64.2 cm³/mol. The summed E-state index contributed by atoms with van der Waals surface area (Å²) in [7, 11) is 0. The second-order valence-corrected chi connectivity index (χ2v) is 5.19. The monoisotopic (exact) mass is 237 g/mol. The first-order chi connectivity index (χ1) is 7.69. The van der Waals surface area contributed by atoms with Gasteiger partial charge in [-0.25, -0.2) is 9.97 Å². The molecule has 1 unspecified atom stereocenters. The van der Waals surface area contributed by atoms with Crippen LogP contribution in [0, 0.1) is 13.8 Å². The third kappa shape index (κ3) is 2.52. The number of aromatic nitrogens is 2. The first kappa shape index (κ1) is 11.4. The van der Waals surface area contributed by atoms with Crippen LogP contribution in [0.2, 0.25) is 0 Å². The van der Waals surface area contributed by atoms with Gasteiger partial charge in [0.05, 0.1) is 11.0 Å². The molecule has 0 saturated heterocycles. The SMILES string of the molecule is Cc1cc(C)nc(SC2CCCC2=NO)n1. The summed E-state index contributed by atoms with van der Waals surface area (Å²) in [5.74, 6) is 0. The van der Waals surface area contributed by atoms with Crippen molar-refractivity contribution in [3.63, 3.8) is 0 Å². The van der Waals surface area contributed by atoms with Crippen molar-refractivity contribution in [2.75, 3.05) is 0 Å². The lowest BCUT2D eigenvalue weighted by Crippen LogP contribution is -2.10. The Hall–Kier alpha value is -1.10. The molecule has 1 atom stereocenters. The van der Waals surface area contributed by atoms with E-state index in [1.54, 1.807) is 11.8 Å². The molecule has 1 heterocycles. The van der Waals surface area contributed by atoms with Crippen LogP contribution in [0.1, 0.15) is 30.7 Å². The zero-order chi connectivity index (χ0) is 11.5. The molecule has 86 valence electrons. The summed E-state index contributed by atoms with van der Waals surface area (Å²) in [5.41, 5.74) is 2.83. The molecular formula is C11H15N3OS. The summed E-state index contributed by atoms with van der Waals surface area (Å²) in [4.78, 5) is 8.76. The van der Waals surface area contributed by atoms with E-state index >= 15 is 0 Å². The second kappa shape index (κ2) is 4.82. The van der Waals surface area contributed by atoms with E-state index in [2.05, 4.69) is 15.1 Å². The molecule has 1 aromatic rings. The topological polar surface area (TPSA) is 58.4 Å². The van der Waals surface area contributed by atoms with Crippen molar-refractivity contribution in [1.82, 2.24) is 9.97 Å². The molecule has 0 bridgehead atoms. The minimum Gasteiger partial charge on any atom is -0.411 e. The maximum Gasteiger partial charge on any atom is 0.188 e. The lowest BCUT2D eigenvalue weighted by atomic mass is 10.3. The van der Waals surface area contributed by atoms with Gasteiger partial charge < -0.3 is 5.21 Å². The molecule has 16 heavy (non-hydrogen) atoms. The van der Waals surface area contributed by atoms with E-state index in [4.69, 9.17) is 5.21 Å². The summed E-state index contributed by atoms with van der Waals surface area (Å²) in [6.07, 6.45) is 3.02. The standard InChI is InChI=1S/C11H15N3OS/c1-7-6-8(2)13-11(12-7)16-10-5-3-4-9(10)14-15/h6,10,15H,3-5H2,1-2H3. The Morgan fingerprint density at radius 2 is 2.06 bits per heavy atom. The van der Waals surface area contributed by atoms with Crippen LogP contribution < -0.4 is 0 Å². The fourth-order valence-corrected chi connectivity index (χ4v) is 3.14. The first-order valence-electron chi connectivity index (χ1n) is 5.39. The normalized spacial score (nSPS) is 22.9. The summed E-state index contributed by atoms with van der Waals surface area (Å²) >= 11 is 1.60. The quantitative estimate of drug-likeness (QED) is 0.488. The highest BCUT2D eigenvalue weighted by atomic mass is 32.2. The predicted octanol–water partition coefficient (Wildman–Crippen LogP) is 2.57. The van der Waals surface area contributed by atoms with Crippen molar-refractivity contribution in [2.24, 2.45) is 5.16 Å². The Balaban J connectivity index is 2.14. The van der Waals surface area contributed by atoms with Crippen LogP contribution in [-0.4, -0.2) is 26.1 Å². The van der Waals surface area contributed by atoms with Gasteiger partial charge in [0.15, 0.2) is 5.16 Å². The van der Waals surface area contributed by atoms with Gasteiger partial charge in [-0.2, -0.15) is 0 Å². The molecule has 0 spiro atoms. The molecule has 2 rings (SSSR count). The van der Waals surface area contributed by atoms with Gasteiger partial charge in [0.2, 0.25) is 0 Å². The molecule has 1 aliphatic carbocycles. The summed E-state index contributed by atoms with van der Waals surface area (Å²) in [5, 5.41) is 13.2. The average molecular weight is 237 g/mol. The molecule has 0 aromatic carbocycles. The van der Waals surface area contributed by atoms with Crippen LogP contribution in [0.15, 0.2) is 16.4 Å². The van der Waals surface area contributed by atoms with Crippen LogP contribution in [0.25, 0.3) is 0 Å². The van der Waals surface area contributed by atoms with Gasteiger partial charge >= 0.3 is 0 Å². The molecule has 0 aliphatic heterocycles. The van der Waals surface area contributed by atoms with Gasteiger partial charge in [-0.15, -0.1) is 0 Å². The minimum absolute atomic E-state index is 0.242. The van der Waals surface area contributed by atoms with Crippen molar-refractivity contribution >= 4 is 17.5 Å². The summed E-state index contributed by atoms with van der Waals surface area (Å²) in [6, 6.07) is 1.96. The van der Waals surface area contributed by atoms with Crippen LogP contribution in [0.5, 0.6) is 0 Å². The third-order valence-electron chi connectivity index (χ3n) is 2.61. The maximum atomic E-state index is 8.86. The molecule has 1 saturated carbocycles. The number of hydrogen-bond donors (Lipinski definition) is 1. The fourth-order valence-electron chi connectivity index (χ4n) is 1.91. The van der Waals surface area contributed by atoms with Crippen molar-refractivity contribution in [1.29, 1.82) is 0 Å². The summed E-state index contributed by atoms with van der Waals surface area (Å²) in [6.45, 7) is 3.93. The van der Waals surface area contributed by atoms with Gasteiger partial charge in [-0.05, 0) is 39.2 Å². The number of thioether (sulfide) groups is 1. The van der Waals surface area contributed by atoms with Crippen LogP contribution in [-0.2, 0) is 0 Å². The minimum atomic E-state index is 0.242. The van der Waals surface area contributed by atoms with E-state index < -0.39 is 0 Å². The zero-order valence-corrected chi connectivity index (χ0v) is 10.3. The largest absolute Gasteiger partial charge is 0.411 e. The van der Waals surface area contributed by atoms with Gasteiger partial charge in [0, 0.05) is 11.4 Å². The fraction of sp³-hybridized carbons (Fsp3) is 0.545. The zero-order valence-electron chi connectivity index (χ0n) is 9.47. The Labute approximate surface area is 99.2 Å². The lowest BCUT2D eigenvalue weighted by Gasteiger charge is -2.08. The second-order valence-electron chi connectivity index (χ2n) is 4.02. The van der Waals surface area contributed by atoms with Gasteiger partial charge in [0.1, 0.15) is 0 Å². The first-order valence-corrected chi connectivity index (χ1v) is 6.27. The maximum absolute atomic E-state index is 8.86. The Morgan fingerprint density at radius 3 is 2.69 bits per heavy atom. The highest BCUT2D eigenvalue weighted by molar-refractivity contribution is 8.00. The van der Waals surface area contributed by atoms with E-state index in [-0.39, 0.29) is 5.25 Å². The molecule has 5 heteroatoms. The van der Waals surface area contributed by atoms with Crippen LogP contribution in [0.4, 0.5) is 0 Å². The van der Waals surface area contributed by atoms with Crippen molar-refractivity contribution < 1.29 is 5.21 Å². The Morgan fingerprint density at radius 1 is 1.38 bits per heavy atom.